The van der Waals surface area contributed by atoms with Gasteiger partial charge in [0.2, 0.25) is 10.0 Å². The Bertz CT molecular complexity index is 1120. The average molecular weight is 410 g/mol. The highest BCUT2D eigenvalue weighted by Gasteiger charge is 2.23. The van der Waals surface area contributed by atoms with Crippen LogP contribution in [0.15, 0.2) is 71.6 Å². The van der Waals surface area contributed by atoms with Gasteiger partial charge in [0, 0.05) is 28.1 Å². The summed E-state index contributed by atoms with van der Waals surface area (Å²) in [4.78, 5) is 12.8. The molecule has 6 nitrogen and oxygen atoms in total. The molecule has 0 aromatic heterocycles. The maximum atomic E-state index is 13.1. The van der Waals surface area contributed by atoms with Crippen LogP contribution >= 0.6 is 0 Å². The smallest absolute Gasteiger partial charge is 0.255 e. The molecule has 1 aliphatic heterocycles. The normalized spacial score (nSPS) is 15.3. The summed E-state index contributed by atoms with van der Waals surface area (Å²) in [6, 6.07) is 19.3. The topological polar surface area (TPSA) is 87.3 Å². The molecule has 3 N–H and O–H groups in total. The second-order valence-corrected chi connectivity index (χ2v) is 8.80. The van der Waals surface area contributed by atoms with Crippen LogP contribution in [0.3, 0.4) is 0 Å². The maximum Gasteiger partial charge on any atom is 0.255 e. The molecule has 0 spiro atoms. The Hall–Kier alpha value is -2.74. The van der Waals surface area contributed by atoms with Crippen LogP contribution in [0.5, 0.6) is 0 Å². The number of nitrogens with one attached hydrogen (secondary N) is 3. The number of carbonyl (C=O) groups excluding carboxylic acids is 1. The van der Waals surface area contributed by atoms with Crippen molar-refractivity contribution in [3.8, 4) is 0 Å². The van der Waals surface area contributed by atoms with Crippen molar-refractivity contribution < 1.29 is 13.2 Å². The number of hydrogen-bond donors (Lipinski definition) is 3. The largest absolute Gasteiger partial charge is 0.321 e. The number of fused-ring (bicyclic) bond motifs is 1. The summed E-state index contributed by atoms with van der Waals surface area (Å²) in [5.41, 5.74) is 1.12. The third kappa shape index (κ3) is 4.32. The molecule has 3 aromatic rings. The molecule has 1 fully saturated rings. The number of rotatable bonds is 5. The van der Waals surface area contributed by atoms with Gasteiger partial charge in [-0.1, -0.05) is 42.5 Å². The fraction of sp³-hybridized carbons (Fsp3) is 0.227. The lowest BCUT2D eigenvalue weighted by molar-refractivity contribution is 0.102. The van der Waals surface area contributed by atoms with Gasteiger partial charge in [0.15, 0.2) is 0 Å². The molecule has 1 amide bonds. The minimum absolute atomic E-state index is 0.0718. The van der Waals surface area contributed by atoms with E-state index in [4.69, 9.17) is 0 Å². The first-order chi connectivity index (χ1) is 14.0. The monoisotopic (exact) mass is 409 g/mol. The van der Waals surface area contributed by atoms with E-state index in [2.05, 4.69) is 15.4 Å². The zero-order valence-electron chi connectivity index (χ0n) is 15.9. The van der Waals surface area contributed by atoms with E-state index < -0.39 is 10.0 Å². The van der Waals surface area contributed by atoms with Crippen LogP contribution < -0.4 is 15.4 Å². The van der Waals surface area contributed by atoms with E-state index >= 15 is 0 Å². The highest BCUT2D eigenvalue weighted by molar-refractivity contribution is 7.89. The van der Waals surface area contributed by atoms with Gasteiger partial charge >= 0.3 is 0 Å². The molecule has 0 radical (unpaired) electrons. The van der Waals surface area contributed by atoms with E-state index in [0.29, 0.717) is 22.0 Å². The fourth-order valence-electron chi connectivity index (χ4n) is 3.63. The van der Waals surface area contributed by atoms with Crippen molar-refractivity contribution in [3.63, 3.8) is 0 Å². The average Bonchev–Trinajstić information content (AvgIpc) is 2.74. The molecule has 29 heavy (non-hydrogen) atoms. The summed E-state index contributed by atoms with van der Waals surface area (Å²) >= 11 is 0. The molecule has 3 aromatic carbocycles. The second-order valence-electron chi connectivity index (χ2n) is 7.12. The van der Waals surface area contributed by atoms with E-state index in [-0.39, 0.29) is 16.8 Å². The molecule has 0 bridgehead atoms. The van der Waals surface area contributed by atoms with Gasteiger partial charge < -0.3 is 10.6 Å². The van der Waals surface area contributed by atoms with Crippen molar-refractivity contribution in [3.05, 3.63) is 72.3 Å². The van der Waals surface area contributed by atoms with E-state index in [1.54, 1.807) is 54.6 Å². The van der Waals surface area contributed by atoms with E-state index in [0.717, 1.165) is 25.9 Å². The number of benzene rings is 3. The SMILES string of the molecule is O=C(Nc1cccc2c(S(=O)(=O)NC3CCNCC3)cccc12)c1ccccc1. The minimum Gasteiger partial charge on any atom is -0.321 e. The van der Waals surface area contributed by atoms with Crippen LogP contribution in [0.25, 0.3) is 10.8 Å². The summed E-state index contributed by atoms with van der Waals surface area (Å²) in [5, 5.41) is 7.40. The number of hydrogen-bond acceptors (Lipinski definition) is 4. The molecule has 0 unspecified atom stereocenters. The van der Waals surface area contributed by atoms with E-state index in [1.807, 2.05) is 12.1 Å². The van der Waals surface area contributed by atoms with Crippen LogP contribution in [0, 0.1) is 0 Å². The standard InChI is InChI=1S/C22H23N3O3S/c26-22(16-6-2-1-3-7-16)24-20-10-4-9-19-18(20)8-5-11-21(19)29(27,28)25-17-12-14-23-15-13-17/h1-11,17,23,25H,12-15H2,(H,24,26). The molecule has 4 rings (SSSR count). The van der Waals surface area contributed by atoms with Crippen molar-refractivity contribution >= 4 is 32.4 Å². The summed E-state index contributed by atoms with van der Waals surface area (Å²) < 4.78 is 28.9. The Morgan fingerprint density at radius 3 is 2.31 bits per heavy atom. The number of sulfonamides is 1. The van der Waals surface area contributed by atoms with Crippen molar-refractivity contribution in [1.29, 1.82) is 0 Å². The Morgan fingerprint density at radius 1 is 0.862 bits per heavy atom. The van der Waals surface area contributed by atoms with Gasteiger partial charge in [0.1, 0.15) is 0 Å². The van der Waals surface area contributed by atoms with Crippen LogP contribution in [0.2, 0.25) is 0 Å². The van der Waals surface area contributed by atoms with Gasteiger partial charge in [-0.2, -0.15) is 0 Å². The second kappa shape index (κ2) is 8.32. The van der Waals surface area contributed by atoms with Gasteiger partial charge in [-0.05, 0) is 50.2 Å². The molecule has 0 aliphatic carbocycles. The predicted octanol–water partition coefficient (Wildman–Crippen LogP) is 3.12. The Kier molecular flexibility index (Phi) is 5.62. The number of carbonyl (C=O) groups is 1. The molecule has 7 heteroatoms. The quantitative estimate of drug-likeness (QED) is 0.604. The third-order valence-corrected chi connectivity index (χ3v) is 6.70. The highest BCUT2D eigenvalue weighted by Crippen LogP contribution is 2.29. The maximum absolute atomic E-state index is 13.1. The van der Waals surface area contributed by atoms with Gasteiger partial charge in [-0.25, -0.2) is 13.1 Å². The predicted molar refractivity (Wildman–Crippen MR) is 115 cm³/mol. The van der Waals surface area contributed by atoms with Crippen LogP contribution in [-0.4, -0.2) is 33.5 Å². The molecule has 0 saturated carbocycles. The lowest BCUT2D eigenvalue weighted by Crippen LogP contribution is -2.42. The van der Waals surface area contributed by atoms with Crippen molar-refractivity contribution in [2.24, 2.45) is 0 Å². The van der Waals surface area contributed by atoms with Gasteiger partial charge in [0.05, 0.1) is 4.90 Å². The molecule has 1 saturated heterocycles. The number of amides is 1. The summed E-state index contributed by atoms with van der Waals surface area (Å²) in [6.45, 7) is 1.61. The summed E-state index contributed by atoms with van der Waals surface area (Å²) in [6.07, 6.45) is 1.53. The molecule has 0 atom stereocenters. The first kappa shape index (κ1) is 19.6. The zero-order valence-corrected chi connectivity index (χ0v) is 16.7. The minimum atomic E-state index is -3.67. The fourth-order valence-corrected chi connectivity index (χ4v) is 5.16. The van der Waals surface area contributed by atoms with Crippen molar-refractivity contribution in [2.75, 3.05) is 18.4 Å². The van der Waals surface area contributed by atoms with E-state index in [1.165, 1.54) is 0 Å². The lowest BCUT2D eigenvalue weighted by atomic mass is 10.1. The Balaban J connectivity index is 1.67. The molecule has 1 aliphatic rings. The van der Waals surface area contributed by atoms with E-state index in [9.17, 15) is 13.2 Å². The lowest BCUT2D eigenvalue weighted by Gasteiger charge is -2.24. The summed E-state index contributed by atoms with van der Waals surface area (Å²) in [5.74, 6) is -0.237. The van der Waals surface area contributed by atoms with Crippen LogP contribution in [0.4, 0.5) is 5.69 Å². The Morgan fingerprint density at radius 2 is 1.55 bits per heavy atom. The zero-order chi connectivity index (χ0) is 20.3. The highest BCUT2D eigenvalue weighted by atomic mass is 32.2. The van der Waals surface area contributed by atoms with Crippen molar-refractivity contribution in [1.82, 2.24) is 10.0 Å². The van der Waals surface area contributed by atoms with Gasteiger partial charge in [0.25, 0.3) is 5.91 Å². The van der Waals surface area contributed by atoms with Gasteiger partial charge in [-0.15, -0.1) is 0 Å². The molecule has 1 heterocycles. The molecular weight excluding hydrogens is 386 g/mol. The molecular formula is C22H23N3O3S. The van der Waals surface area contributed by atoms with Crippen LogP contribution in [0.1, 0.15) is 23.2 Å². The number of anilines is 1. The third-order valence-electron chi connectivity index (χ3n) is 5.12. The summed E-state index contributed by atoms with van der Waals surface area (Å²) in [7, 11) is -3.67. The first-order valence-electron chi connectivity index (χ1n) is 9.66. The van der Waals surface area contributed by atoms with Crippen LogP contribution in [-0.2, 0) is 10.0 Å². The number of piperidine rings is 1. The van der Waals surface area contributed by atoms with Gasteiger partial charge in [-0.3, -0.25) is 4.79 Å². The first-order valence-corrected chi connectivity index (χ1v) is 11.1. The molecule has 150 valence electrons. The Labute approximate surface area is 170 Å². The van der Waals surface area contributed by atoms with Crippen molar-refractivity contribution in [2.45, 2.75) is 23.8 Å².